The van der Waals surface area contributed by atoms with E-state index in [1.165, 1.54) is 24.0 Å². The van der Waals surface area contributed by atoms with Crippen molar-refractivity contribution < 1.29 is 33.0 Å². The monoisotopic (exact) mass is 509 g/mol. The SMILES string of the molecule is CC(=O)NCC(=O)N1C[C@@H](Oc2nc3nc(OCc4c(F)cccc4F)c(Cl)cc3[nH]2)C[C@H]1CO. The van der Waals surface area contributed by atoms with Crippen LogP contribution in [0.2, 0.25) is 5.02 Å². The fraction of sp³-hybridized carbons (Fsp3) is 0.364. The second-order valence-corrected chi connectivity index (χ2v) is 8.35. The van der Waals surface area contributed by atoms with Gasteiger partial charge in [-0.1, -0.05) is 17.7 Å². The number of nitrogens with one attached hydrogen (secondary N) is 2. The molecule has 0 saturated carbocycles. The second-order valence-electron chi connectivity index (χ2n) is 7.95. The Bertz CT molecular complexity index is 1240. The molecule has 0 spiro atoms. The quantitative estimate of drug-likeness (QED) is 0.423. The van der Waals surface area contributed by atoms with E-state index in [0.29, 0.717) is 11.9 Å². The van der Waals surface area contributed by atoms with E-state index in [1.807, 2.05) is 0 Å². The number of hydrogen-bond acceptors (Lipinski definition) is 7. The minimum atomic E-state index is -0.750. The maximum atomic E-state index is 13.8. The summed E-state index contributed by atoms with van der Waals surface area (Å²) in [6.07, 6.45) is -0.111. The Labute approximate surface area is 203 Å². The number of pyridine rings is 1. The van der Waals surface area contributed by atoms with Crippen LogP contribution in [-0.2, 0) is 16.2 Å². The van der Waals surface area contributed by atoms with Crippen LogP contribution in [0, 0.1) is 11.6 Å². The lowest BCUT2D eigenvalue weighted by Crippen LogP contribution is -2.43. The van der Waals surface area contributed by atoms with Crippen molar-refractivity contribution >= 4 is 34.6 Å². The third-order valence-corrected chi connectivity index (χ3v) is 5.73. The van der Waals surface area contributed by atoms with Crippen molar-refractivity contribution in [3.8, 4) is 11.9 Å². The van der Waals surface area contributed by atoms with E-state index >= 15 is 0 Å². The van der Waals surface area contributed by atoms with Gasteiger partial charge in [-0.05, 0) is 18.2 Å². The topological polar surface area (TPSA) is 130 Å². The van der Waals surface area contributed by atoms with Gasteiger partial charge in [0, 0.05) is 13.3 Å². The van der Waals surface area contributed by atoms with Crippen LogP contribution >= 0.6 is 11.6 Å². The molecular weight excluding hydrogens is 488 g/mol. The van der Waals surface area contributed by atoms with Gasteiger partial charge in [0.25, 0.3) is 6.01 Å². The Morgan fingerprint density at radius 1 is 1.31 bits per heavy atom. The number of hydrogen-bond donors (Lipinski definition) is 3. The molecule has 0 aliphatic carbocycles. The minimum absolute atomic E-state index is 0.0594. The Kier molecular flexibility index (Phi) is 7.31. The summed E-state index contributed by atoms with van der Waals surface area (Å²) in [7, 11) is 0. The Balaban J connectivity index is 1.44. The average Bonchev–Trinajstić information content (AvgIpc) is 3.40. The number of aliphatic hydroxyl groups excluding tert-OH is 1. The summed E-state index contributed by atoms with van der Waals surface area (Å²) in [4.78, 5) is 36.3. The van der Waals surface area contributed by atoms with E-state index in [1.54, 1.807) is 0 Å². The molecule has 10 nitrogen and oxygen atoms in total. The molecule has 2 atom stereocenters. The minimum Gasteiger partial charge on any atom is -0.471 e. The lowest BCUT2D eigenvalue weighted by Gasteiger charge is -2.22. The molecule has 1 aliphatic rings. The molecular formula is C22H22ClF2N5O5. The van der Waals surface area contributed by atoms with Crippen LogP contribution in [0.5, 0.6) is 11.9 Å². The number of aliphatic hydroxyl groups is 1. The van der Waals surface area contributed by atoms with Gasteiger partial charge in [0.2, 0.25) is 17.7 Å². The number of imidazole rings is 1. The number of likely N-dealkylation sites (tertiary alicyclic amines) is 1. The number of benzene rings is 1. The molecule has 2 amide bonds. The van der Waals surface area contributed by atoms with Crippen molar-refractivity contribution in [2.45, 2.75) is 32.1 Å². The number of halogens is 3. The number of nitrogens with zero attached hydrogens (tertiary/aromatic N) is 3. The number of carbonyl (C=O) groups is 2. The fourth-order valence-corrected chi connectivity index (χ4v) is 3.95. The lowest BCUT2D eigenvalue weighted by atomic mass is 10.2. The van der Waals surface area contributed by atoms with E-state index in [2.05, 4.69) is 20.3 Å². The molecule has 35 heavy (non-hydrogen) atoms. The van der Waals surface area contributed by atoms with E-state index < -0.39 is 30.4 Å². The van der Waals surface area contributed by atoms with Crippen LogP contribution in [-0.4, -0.2) is 68.6 Å². The number of fused-ring (bicyclic) bond motifs is 1. The van der Waals surface area contributed by atoms with Crippen LogP contribution in [0.15, 0.2) is 24.3 Å². The number of aromatic amines is 1. The molecule has 186 valence electrons. The van der Waals surface area contributed by atoms with Gasteiger partial charge in [0.15, 0.2) is 5.65 Å². The van der Waals surface area contributed by atoms with Crippen LogP contribution in [0.1, 0.15) is 18.9 Å². The molecule has 1 aliphatic heterocycles. The normalized spacial score (nSPS) is 17.6. The molecule has 2 aromatic heterocycles. The van der Waals surface area contributed by atoms with Crippen LogP contribution < -0.4 is 14.8 Å². The van der Waals surface area contributed by atoms with Gasteiger partial charge in [0.05, 0.1) is 36.8 Å². The molecule has 3 aromatic rings. The summed E-state index contributed by atoms with van der Waals surface area (Å²) in [5.74, 6) is -2.23. The molecule has 13 heteroatoms. The first-order valence-electron chi connectivity index (χ1n) is 10.7. The van der Waals surface area contributed by atoms with Crippen molar-refractivity contribution in [3.63, 3.8) is 0 Å². The third kappa shape index (κ3) is 5.60. The van der Waals surface area contributed by atoms with Gasteiger partial charge in [-0.25, -0.2) is 8.78 Å². The van der Waals surface area contributed by atoms with Crippen LogP contribution in [0.25, 0.3) is 11.2 Å². The van der Waals surface area contributed by atoms with Crippen molar-refractivity contribution in [1.82, 2.24) is 25.2 Å². The molecule has 1 saturated heterocycles. The first-order valence-corrected chi connectivity index (χ1v) is 11.1. The fourth-order valence-electron chi connectivity index (χ4n) is 3.74. The van der Waals surface area contributed by atoms with Gasteiger partial charge >= 0.3 is 0 Å². The van der Waals surface area contributed by atoms with Gasteiger partial charge < -0.3 is 29.8 Å². The third-order valence-electron chi connectivity index (χ3n) is 5.46. The molecule has 0 unspecified atom stereocenters. The number of amides is 2. The lowest BCUT2D eigenvalue weighted by molar-refractivity contribution is -0.134. The standard InChI is InChI=1S/C22H22ClF2N5O5/c1-11(32)26-7-19(33)30-8-13(5-12(30)9-31)35-22-27-18-6-15(23)21(28-20(18)29-22)34-10-14-16(24)3-2-4-17(14)25/h2-4,6,12-13,31H,5,7-10H2,1H3,(H,26,32)(H,27,28,29)/t12-,13-/m0/s1. The number of H-pyrrole nitrogens is 1. The predicted octanol–water partition coefficient (Wildman–Crippen LogP) is 1.95. The van der Waals surface area contributed by atoms with Gasteiger partial charge in [-0.3, -0.25) is 9.59 Å². The first kappa shape index (κ1) is 24.6. The summed E-state index contributed by atoms with van der Waals surface area (Å²) in [5, 5.41) is 12.2. The zero-order valence-electron chi connectivity index (χ0n) is 18.6. The van der Waals surface area contributed by atoms with E-state index in [-0.39, 0.29) is 59.6 Å². The van der Waals surface area contributed by atoms with Crippen molar-refractivity contribution in [2.75, 3.05) is 19.7 Å². The smallest absolute Gasteiger partial charge is 0.296 e. The molecule has 1 fully saturated rings. The molecule has 1 aromatic carbocycles. The number of carbonyl (C=O) groups excluding carboxylic acids is 2. The van der Waals surface area contributed by atoms with Crippen molar-refractivity contribution in [2.24, 2.45) is 0 Å². The Hall–Kier alpha value is -3.51. The Morgan fingerprint density at radius 3 is 2.74 bits per heavy atom. The summed E-state index contributed by atoms with van der Waals surface area (Å²) < 4.78 is 39.0. The molecule has 3 N–H and O–H groups in total. The maximum absolute atomic E-state index is 13.8. The summed E-state index contributed by atoms with van der Waals surface area (Å²) in [5.41, 5.74) is 0.377. The van der Waals surface area contributed by atoms with Crippen LogP contribution in [0.4, 0.5) is 8.78 Å². The van der Waals surface area contributed by atoms with E-state index in [9.17, 15) is 23.5 Å². The molecule has 0 bridgehead atoms. The van der Waals surface area contributed by atoms with Crippen LogP contribution in [0.3, 0.4) is 0 Å². The molecule has 4 rings (SSSR count). The number of ether oxygens (including phenoxy) is 2. The van der Waals surface area contributed by atoms with Gasteiger partial charge in [-0.15, -0.1) is 0 Å². The van der Waals surface area contributed by atoms with E-state index in [4.69, 9.17) is 21.1 Å². The molecule has 0 radical (unpaired) electrons. The van der Waals surface area contributed by atoms with Crippen molar-refractivity contribution in [3.05, 3.63) is 46.5 Å². The highest BCUT2D eigenvalue weighted by molar-refractivity contribution is 6.32. The highest BCUT2D eigenvalue weighted by atomic mass is 35.5. The zero-order chi connectivity index (χ0) is 25.1. The summed E-state index contributed by atoms with van der Waals surface area (Å²) in [6.45, 7) is 0.648. The summed E-state index contributed by atoms with van der Waals surface area (Å²) in [6, 6.07) is 4.63. The van der Waals surface area contributed by atoms with Crippen molar-refractivity contribution in [1.29, 1.82) is 0 Å². The zero-order valence-corrected chi connectivity index (χ0v) is 19.3. The Morgan fingerprint density at radius 2 is 2.06 bits per heavy atom. The van der Waals surface area contributed by atoms with E-state index in [0.717, 1.165) is 12.1 Å². The first-order chi connectivity index (χ1) is 16.7. The van der Waals surface area contributed by atoms with Gasteiger partial charge in [-0.2, -0.15) is 9.97 Å². The highest BCUT2D eigenvalue weighted by Gasteiger charge is 2.36. The van der Waals surface area contributed by atoms with Gasteiger partial charge in [0.1, 0.15) is 29.4 Å². The second kappa shape index (κ2) is 10.4. The largest absolute Gasteiger partial charge is 0.471 e. The number of rotatable bonds is 8. The summed E-state index contributed by atoms with van der Waals surface area (Å²) >= 11 is 6.21. The highest BCUT2D eigenvalue weighted by Crippen LogP contribution is 2.29. The molecule has 3 heterocycles. The maximum Gasteiger partial charge on any atom is 0.296 e. The predicted molar refractivity (Wildman–Crippen MR) is 120 cm³/mol. The number of aromatic nitrogens is 3. The average molecular weight is 510 g/mol.